The number of rotatable bonds is 7. The van der Waals surface area contributed by atoms with Crippen molar-refractivity contribution in [1.29, 1.82) is 0 Å². The number of fused-ring (bicyclic) bond motifs is 2. The number of ether oxygens (including phenoxy) is 2. The van der Waals surface area contributed by atoms with E-state index in [0.29, 0.717) is 34.1 Å². The molecule has 2 aromatic carbocycles. The van der Waals surface area contributed by atoms with Gasteiger partial charge in [0.15, 0.2) is 16.7 Å². The van der Waals surface area contributed by atoms with Crippen LogP contribution in [0.15, 0.2) is 63.4 Å². The van der Waals surface area contributed by atoms with Crippen LogP contribution in [0.5, 0.6) is 11.5 Å². The van der Waals surface area contributed by atoms with Crippen molar-refractivity contribution in [2.75, 3.05) is 17.9 Å². The zero-order valence-electron chi connectivity index (χ0n) is 18.1. The molecule has 0 saturated carbocycles. The zero-order valence-corrected chi connectivity index (χ0v) is 19.7. The van der Waals surface area contributed by atoms with Gasteiger partial charge in [-0.1, -0.05) is 49.0 Å². The lowest BCUT2D eigenvalue weighted by atomic mass is 10.1. The first-order chi connectivity index (χ1) is 16.1. The van der Waals surface area contributed by atoms with Crippen LogP contribution in [-0.2, 0) is 24.2 Å². The Kier molecular flexibility index (Phi) is 6.32. The van der Waals surface area contributed by atoms with Crippen LogP contribution in [0, 0.1) is 0 Å². The van der Waals surface area contributed by atoms with E-state index >= 15 is 0 Å². The predicted molar refractivity (Wildman–Crippen MR) is 130 cm³/mol. The molecule has 7 nitrogen and oxygen atoms in total. The molecule has 0 aliphatic carbocycles. The van der Waals surface area contributed by atoms with E-state index in [-0.39, 0.29) is 24.0 Å². The third kappa shape index (κ3) is 4.89. The van der Waals surface area contributed by atoms with E-state index in [4.69, 9.17) is 14.5 Å². The van der Waals surface area contributed by atoms with Crippen molar-refractivity contribution >= 4 is 35.1 Å². The fourth-order valence-corrected chi connectivity index (χ4v) is 5.78. The van der Waals surface area contributed by atoms with E-state index < -0.39 is 0 Å². The summed E-state index contributed by atoms with van der Waals surface area (Å²) in [5, 5.41) is 3.80. The van der Waals surface area contributed by atoms with Crippen LogP contribution in [0.3, 0.4) is 0 Å². The van der Waals surface area contributed by atoms with Gasteiger partial charge in [-0.2, -0.15) is 0 Å². The third-order valence-electron chi connectivity index (χ3n) is 5.42. The number of anilines is 1. The van der Waals surface area contributed by atoms with Gasteiger partial charge >= 0.3 is 0 Å². The topological polar surface area (TPSA) is 82.4 Å². The quantitative estimate of drug-likeness (QED) is 0.404. The Morgan fingerprint density at radius 3 is 2.88 bits per heavy atom. The van der Waals surface area contributed by atoms with Gasteiger partial charge in [0, 0.05) is 30.0 Å². The number of nitrogens with zero attached hydrogens (tertiary/aromatic N) is 2. The molecule has 5 rings (SSSR count). The zero-order chi connectivity index (χ0) is 22.8. The van der Waals surface area contributed by atoms with Crippen LogP contribution in [-0.4, -0.2) is 33.3 Å². The van der Waals surface area contributed by atoms with E-state index in [9.17, 15) is 9.59 Å². The summed E-state index contributed by atoms with van der Waals surface area (Å²) < 4.78 is 12.4. The number of benzene rings is 2. The summed E-state index contributed by atoms with van der Waals surface area (Å²) in [5.41, 5.74) is 2.62. The van der Waals surface area contributed by atoms with Gasteiger partial charge in [-0.15, -0.1) is 11.8 Å². The van der Waals surface area contributed by atoms with E-state index in [1.54, 1.807) is 34.5 Å². The highest BCUT2D eigenvalue weighted by Gasteiger charge is 2.26. The normalized spacial score (nSPS) is 16.0. The van der Waals surface area contributed by atoms with Gasteiger partial charge in [0.1, 0.15) is 0 Å². The molecule has 170 valence electrons. The SMILES string of the molecule is C[C@@H]1Cc2nc(SCC(=O)Nc3ccc4c(c3)OCO4)n(CCc3ccccc3)c(=O)c2S1. The molecule has 0 unspecified atom stereocenters. The average Bonchev–Trinajstić information content (AvgIpc) is 3.43. The highest BCUT2D eigenvalue weighted by Crippen LogP contribution is 2.35. The Morgan fingerprint density at radius 2 is 2.03 bits per heavy atom. The molecule has 3 aromatic rings. The fraction of sp³-hybridized carbons (Fsp3) is 0.292. The van der Waals surface area contributed by atoms with Crippen LogP contribution < -0.4 is 20.3 Å². The molecule has 0 saturated heterocycles. The molecule has 2 aliphatic heterocycles. The van der Waals surface area contributed by atoms with Gasteiger partial charge in [0.25, 0.3) is 5.56 Å². The van der Waals surface area contributed by atoms with Crippen LogP contribution in [0.4, 0.5) is 5.69 Å². The van der Waals surface area contributed by atoms with Crippen LogP contribution in [0.2, 0.25) is 0 Å². The van der Waals surface area contributed by atoms with Gasteiger partial charge in [-0.25, -0.2) is 4.98 Å². The molecular weight excluding hydrogens is 458 g/mol. The van der Waals surface area contributed by atoms with E-state index in [1.165, 1.54) is 11.8 Å². The number of hydrogen-bond donors (Lipinski definition) is 1. The molecule has 2 aliphatic rings. The van der Waals surface area contributed by atoms with Crippen LogP contribution in [0.25, 0.3) is 0 Å². The minimum Gasteiger partial charge on any atom is -0.454 e. The smallest absolute Gasteiger partial charge is 0.268 e. The molecule has 33 heavy (non-hydrogen) atoms. The first-order valence-electron chi connectivity index (χ1n) is 10.7. The van der Waals surface area contributed by atoms with Crippen molar-refractivity contribution in [1.82, 2.24) is 9.55 Å². The molecule has 1 atom stereocenters. The van der Waals surface area contributed by atoms with Gasteiger partial charge in [0.05, 0.1) is 16.3 Å². The molecule has 0 spiro atoms. The Labute approximate surface area is 199 Å². The number of thioether (sulfide) groups is 2. The van der Waals surface area contributed by atoms with Crippen molar-refractivity contribution in [3.05, 3.63) is 70.1 Å². The molecule has 1 aromatic heterocycles. The van der Waals surface area contributed by atoms with Crippen molar-refractivity contribution in [3.63, 3.8) is 0 Å². The summed E-state index contributed by atoms with van der Waals surface area (Å²) in [6, 6.07) is 15.4. The lowest BCUT2D eigenvalue weighted by Crippen LogP contribution is -2.27. The maximum Gasteiger partial charge on any atom is 0.268 e. The first-order valence-corrected chi connectivity index (χ1v) is 12.6. The fourth-order valence-electron chi connectivity index (χ4n) is 3.83. The summed E-state index contributed by atoms with van der Waals surface area (Å²) in [6.45, 7) is 2.81. The molecule has 0 bridgehead atoms. The number of aryl methyl sites for hydroxylation is 1. The van der Waals surface area contributed by atoms with E-state index in [1.807, 2.05) is 30.3 Å². The second-order valence-corrected chi connectivity index (χ2v) is 10.3. The Morgan fingerprint density at radius 1 is 1.21 bits per heavy atom. The number of amides is 1. The maximum atomic E-state index is 13.3. The Bertz CT molecular complexity index is 1250. The monoisotopic (exact) mass is 481 g/mol. The summed E-state index contributed by atoms with van der Waals surface area (Å²) in [6.07, 6.45) is 1.49. The lowest BCUT2D eigenvalue weighted by Gasteiger charge is -2.14. The molecule has 9 heteroatoms. The third-order valence-corrected chi connectivity index (χ3v) is 7.61. The minimum atomic E-state index is -0.175. The standard InChI is InChI=1S/C24H23N3O4S2/c1-15-11-18-22(33-15)23(29)27(10-9-16-5-3-2-4-6-16)24(26-18)32-13-21(28)25-17-7-8-19-20(12-17)31-14-30-19/h2-8,12,15H,9-11,13-14H2,1H3,(H,25,28)/t15-/m1/s1. The summed E-state index contributed by atoms with van der Waals surface area (Å²) in [4.78, 5) is 31.4. The number of nitrogens with one attached hydrogen (secondary N) is 1. The van der Waals surface area contributed by atoms with Gasteiger partial charge in [-0.3, -0.25) is 14.2 Å². The summed E-state index contributed by atoms with van der Waals surface area (Å²) in [5.74, 6) is 1.25. The van der Waals surface area contributed by atoms with Crippen molar-refractivity contribution < 1.29 is 14.3 Å². The van der Waals surface area contributed by atoms with Crippen molar-refractivity contribution in [2.24, 2.45) is 0 Å². The van der Waals surface area contributed by atoms with Crippen molar-refractivity contribution in [2.45, 2.75) is 41.6 Å². The second kappa shape index (κ2) is 9.52. The summed E-state index contributed by atoms with van der Waals surface area (Å²) >= 11 is 2.88. The van der Waals surface area contributed by atoms with Crippen LogP contribution >= 0.6 is 23.5 Å². The van der Waals surface area contributed by atoms with Gasteiger partial charge in [0.2, 0.25) is 12.7 Å². The number of carbonyl (C=O) groups excluding carboxylic acids is 1. The van der Waals surface area contributed by atoms with Gasteiger partial charge in [-0.05, 0) is 24.1 Å². The van der Waals surface area contributed by atoms with Crippen LogP contribution in [0.1, 0.15) is 18.2 Å². The molecule has 0 fully saturated rings. The second-order valence-electron chi connectivity index (χ2n) is 7.90. The molecule has 1 amide bonds. The van der Waals surface area contributed by atoms with Crippen molar-refractivity contribution in [3.8, 4) is 11.5 Å². The largest absolute Gasteiger partial charge is 0.454 e. The van der Waals surface area contributed by atoms with E-state index in [2.05, 4.69) is 12.2 Å². The number of aromatic nitrogens is 2. The number of hydrogen-bond acceptors (Lipinski definition) is 7. The molecule has 3 heterocycles. The highest BCUT2D eigenvalue weighted by molar-refractivity contribution is 8.00. The molecular formula is C24H23N3O4S2. The average molecular weight is 482 g/mol. The minimum absolute atomic E-state index is 0.0102. The Balaban J connectivity index is 1.32. The summed E-state index contributed by atoms with van der Waals surface area (Å²) in [7, 11) is 0. The highest BCUT2D eigenvalue weighted by atomic mass is 32.2. The van der Waals surface area contributed by atoms with Gasteiger partial charge < -0.3 is 14.8 Å². The predicted octanol–water partition coefficient (Wildman–Crippen LogP) is 3.98. The van der Waals surface area contributed by atoms with E-state index in [0.717, 1.165) is 29.0 Å². The Hall–Kier alpha value is -2.91. The lowest BCUT2D eigenvalue weighted by molar-refractivity contribution is -0.113. The first kappa shape index (κ1) is 21.9. The number of carbonyl (C=O) groups is 1. The molecule has 0 radical (unpaired) electrons. The maximum absolute atomic E-state index is 13.3. The molecule has 1 N–H and O–H groups in total.